The van der Waals surface area contributed by atoms with E-state index in [1.807, 2.05) is 39.0 Å². The largest absolute Gasteiger partial charge is 0.250 e. The zero-order valence-corrected chi connectivity index (χ0v) is 7.89. The third-order valence-electron chi connectivity index (χ3n) is 2.03. The van der Waals surface area contributed by atoms with Crippen LogP contribution >= 0.6 is 0 Å². The summed E-state index contributed by atoms with van der Waals surface area (Å²) in [6.45, 7) is 5.60. The molecule has 0 N–H and O–H groups in total. The first-order valence-corrected chi connectivity index (χ1v) is 4.19. The van der Waals surface area contributed by atoms with E-state index >= 15 is 0 Å². The molecule has 0 unspecified atom stereocenters. The van der Waals surface area contributed by atoms with Gasteiger partial charge in [0.1, 0.15) is 6.67 Å². The number of rotatable bonds is 1. The minimum atomic E-state index is -0.404. The predicted octanol–water partition coefficient (Wildman–Crippen LogP) is 3.42. The molecule has 1 aliphatic carbocycles. The van der Waals surface area contributed by atoms with Crippen molar-refractivity contribution >= 4 is 0 Å². The summed E-state index contributed by atoms with van der Waals surface area (Å²) < 4.78 is 12.6. The highest BCUT2D eigenvalue weighted by atomic mass is 19.1. The van der Waals surface area contributed by atoms with Crippen molar-refractivity contribution in [2.45, 2.75) is 20.8 Å². The summed E-state index contributed by atoms with van der Waals surface area (Å²) in [5.74, 6) is 0. The van der Waals surface area contributed by atoms with Crippen LogP contribution < -0.4 is 0 Å². The molecule has 0 aromatic heterocycles. The Bertz CT molecular complexity index is 258. The van der Waals surface area contributed by atoms with Crippen molar-refractivity contribution in [2.24, 2.45) is 5.41 Å². The zero-order valence-electron chi connectivity index (χ0n) is 7.89. The van der Waals surface area contributed by atoms with Gasteiger partial charge in [0.15, 0.2) is 0 Å². The van der Waals surface area contributed by atoms with E-state index in [1.165, 1.54) is 5.57 Å². The molecule has 0 aromatic carbocycles. The maximum absolute atomic E-state index is 12.6. The van der Waals surface area contributed by atoms with Gasteiger partial charge in [0.25, 0.3) is 0 Å². The number of alkyl halides is 1. The van der Waals surface area contributed by atoms with Crippen LogP contribution in [0.2, 0.25) is 0 Å². The average molecular weight is 166 g/mol. The summed E-state index contributed by atoms with van der Waals surface area (Å²) in [5, 5.41) is 0. The zero-order chi connectivity index (χ0) is 9.19. The van der Waals surface area contributed by atoms with Gasteiger partial charge in [-0.1, -0.05) is 42.4 Å². The first-order valence-electron chi connectivity index (χ1n) is 4.19. The normalized spacial score (nSPS) is 29.3. The Hall–Kier alpha value is -0.850. The highest BCUT2D eigenvalue weighted by Crippen LogP contribution is 2.26. The summed E-state index contributed by atoms with van der Waals surface area (Å²) in [6.07, 6.45) is 7.94. The maximum atomic E-state index is 12.6. The molecule has 0 bridgehead atoms. The Balaban J connectivity index is 3.01. The van der Waals surface area contributed by atoms with E-state index in [0.29, 0.717) is 0 Å². The molecule has 1 rings (SSSR count). The fourth-order valence-electron chi connectivity index (χ4n) is 1.42. The first-order chi connectivity index (χ1) is 5.56. The van der Waals surface area contributed by atoms with Crippen molar-refractivity contribution in [3.63, 3.8) is 0 Å². The molecule has 0 spiro atoms. The minimum Gasteiger partial charge on any atom is -0.250 e. The van der Waals surface area contributed by atoms with E-state index in [1.54, 1.807) is 0 Å². The third-order valence-corrected chi connectivity index (χ3v) is 2.03. The maximum Gasteiger partial charge on any atom is 0.102 e. The molecule has 0 aromatic rings. The fraction of sp³-hybridized carbons (Fsp3) is 0.455. The van der Waals surface area contributed by atoms with E-state index in [-0.39, 0.29) is 6.67 Å². The van der Waals surface area contributed by atoms with Crippen LogP contribution in [0.1, 0.15) is 20.8 Å². The van der Waals surface area contributed by atoms with Gasteiger partial charge in [0.2, 0.25) is 0 Å². The van der Waals surface area contributed by atoms with E-state index in [2.05, 4.69) is 6.08 Å². The van der Waals surface area contributed by atoms with Gasteiger partial charge in [-0.15, -0.1) is 0 Å². The molecule has 0 nitrogen and oxygen atoms in total. The SMILES string of the molecule is CC1=CC(C)=C[C@](C)(CF)C=C1. The van der Waals surface area contributed by atoms with Crippen LogP contribution in [-0.4, -0.2) is 6.67 Å². The van der Waals surface area contributed by atoms with E-state index in [9.17, 15) is 4.39 Å². The van der Waals surface area contributed by atoms with Crippen molar-refractivity contribution in [1.29, 1.82) is 0 Å². The van der Waals surface area contributed by atoms with E-state index in [0.717, 1.165) is 5.57 Å². The molecule has 0 saturated heterocycles. The van der Waals surface area contributed by atoms with Gasteiger partial charge in [-0.05, 0) is 13.8 Å². The quantitative estimate of drug-likeness (QED) is 0.560. The van der Waals surface area contributed by atoms with Gasteiger partial charge in [0.05, 0.1) is 0 Å². The van der Waals surface area contributed by atoms with Crippen molar-refractivity contribution in [1.82, 2.24) is 0 Å². The van der Waals surface area contributed by atoms with E-state index < -0.39 is 5.41 Å². The second kappa shape index (κ2) is 3.26. The number of hydrogen-bond donors (Lipinski definition) is 0. The van der Waals surface area contributed by atoms with Gasteiger partial charge in [-0.25, -0.2) is 4.39 Å². The van der Waals surface area contributed by atoms with Crippen molar-refractivity contribution in [3.8, 4) is 0 Å². The molecule has 12 heavy (non-hydrogen) atoms. The van der Waals surface area contributed by atoms with Crippen molar-refractivity contribution in [3.05, 3.63) is 35.5 Å². The molecule has 0 saturated carbocycles. The Kier molecular flexibility index (Phi) is 2.51. The van der Waals surface area contributed by atoms with Gasteiger partial charge in [-0.3, -0.25) is 0 Å². The molecule has 0 aliphatic heterocycles. The van der Waals surface area contributed by atoms with Crippen molar-refractivity contribution in [2.75, 3.05) is 6.67 Å². The lowest BCUT2D eigenvalue weighted by Crippen LogP contribution is -2.11. The lowest BCUT2D eigenvalue weighted by molar-refractivity contribution is 0.357. The molecule has 0 fully saturated rings. The Morgan fingerprint density at radius 3 is 2.58 bits per heavy atom. The molecule has 1 atom stereocenters. The number of allylic oxidation sites excluding steroid dienone is 6. The molecule has 0 radical (unpaired) electrons. The van der Waals surface area contributed by atoms with E-state index in [4.69, 9.17) is 0 Å². The Morgan fingerprint density at radius 1 is 1.33 bits per heavy atom. The van der Waals surface area contributed by atoms with Crippen LogP contribution in [0, 0.1) is 5.41 Å². The lowest BCUT2D eigenvalue weighted by Gasteiger charge is -2.16. The Morgan fingerprint density at radius 2 is 2.00 bits per heavy atom. The Labute approximate surface area is 73.5 Å². The van der Waals surface area contributed by atoms with Crippen LogP contribution in [0.5, 0.6) is 0 Å². The molecular formula is C11H15F. The highest BCUT2D eigenvalue weighted by Gasteiger charge is 2.18. The van der Waals surface area contributed by atoms with Gasteiger partial charge < -0.3 is 0 Å². The molecule has 0 amide bonds. The molecule has 66 valence electrons. The summed E-state index contributed by atoms with van der Waals surface area (Å²) >= 11 is 0. The summed E-state index contributed by atoms with van der Waals surface area (Å²) in [5.41, 5.74) is 1.91. The highest BCUT2D eigenvalue weighted by molar-refractivity contribution is 5.35. The molecule has 0 heterocycles. The summed E-state index contributed by atoms with van der Waals surface area (Å²) in [7, 11) is 0. The fourth-order valence-corrected chi connectivity index (χ4v) is 1.42. The van der Waals surface area contributed by atoms with Crippen LogP contribution in [0.3, 0.4) is 0 Å². The monoisotopic (exact) mass is 166 g/mol. The smallest absolute Gasteiger partial charge is 0.102 e. The molecular weight excluding hydrogens is 151 g/mol. The topological polar surface area (TPSA) is 0 Å². The predicted molar refractivity (Wildman–Crippen MR) is 50.7 cm³/mol. The minimum absolute atomic E-state index is 0.331. The van der Waals surface area contributed by atoms with Gasteiger partial charge in [0, 0.05) is 5.41 Å². The second-order valence-electron chi connectivity index (χ2n) is 3.75. The lowest BCUT2D eigenvalue weighted by atomic mass is 9.90. The molecule has 1 heteroatoms. The van der Waals surface area contributed by atoms with Gasteiger partial charge >= 0.3 is 0 Å². The van der Waals surface area contributed by atoms with Crippen molar-refractivity contribution < 1.29 is 4.39 Å². The van der Waals surface area contributed by atoms with Gasteiger partial charge in [-0.2, -0.15) is 0 Å². The van der Waals surface area contributed by atoms with Crippen LogP contribution in [0.25, 0.3) is 0 Å². The second-order valence-corrected chi connectivity index (χ2v) is 3.75. The molecule has 1 aliphatic rings. The third kappa shape index (κ3) is 2.07. The summed E-state index contributed by atoms with van der Waals surface area (Å²) in [4.78, 5) is 0. The number of halogens is 1. The standard InChI is InChI=1S/C11H15F/c1-9-4-5-11(3,8-12)7-10(2)6-9/h4-7H,8H2,1-3H3/t11-/m1/s1. The average Bonchev–Trinajstić information content (AvgIpc) is 2.11. The summed E-state index contributed by atoms with van der Waals surface area (Å²) in [6, 6.07) is 0. The van der Waals surface area contributed by atoms with Crippen LogP contribution in [0.15, 0.2) is 35.5 Å². The first kappa shape index (κ1) is 9.24. The van der Waals surface area contributed by atoms with Crippen LogP contribution in [0.4, 0.5) is 4.39 Å². The van der Waals surface area contributed by atoms with Crippen LogP contribution in [-0.2, 0) is 0 Å². The number of hydrogen-bond acceptors (Lipinski definition) is 0.